The van der Waals surface area contributed by atoms with Crippen molar-refractivity contribution in [3.05, 3.63) is 42.5 Å². The molecule has 1 spiro atoms. The molecule has 0 radical (unpaired) electrons. The summed E-state index contributed by atoms with van der Waals surface area (Å²) in [4.78, 5) is 29.5. The third-order valence-electron chi connectivity index (χ3n) is 5.67. The molecule has 2 aliphatic rings. The van der Waals surface area contributed by atoms with Crippen LogP contribution in [0, 0.1) is 5.41 Å². The van der Waals surface area contributed by atoms with Gasteiger partial charge in [0.1, 0.15) is 12.1 Å². The number of carbonyl (C=O) groups excluding carboxylic acids is 1. The van der Waals surface area contributed by atoms with Gasteiger partial charge in [0, 0.05) is 56.5 Å². The zero-order chi connectivity index (χ0) is 18.7. The van der Waals surface area contributed by atoms with Gasteiger partial charge in [0.25, 0.3) is 0 Å². The normalized spacial score (nSPS) is 22.9. The van der Waals surface area contributed by atoms with Crippen LogP contribution in [0.15, 0.2) is 36.9 Å². The molecule has 0 N–H and O–H groups in total. The van der Waals surface area contributed by atoms with E-state index in [0.717, 1.165) is 50.3 Å². The smallest absolute Gasteiger partial charge is 0.222 e. The zero-order valence-electron chi connectivity index (χ0n) is 15.7. The van der Waals surface area contributed by atoms with Crippen LogP contribution in [0.3, 0.4) is 0 Å². The van der Waals surface area contributed by atoms with Crippen LogP contribution in [0.4, 0.5) is 5.82 Å². The first kappa shape index (κ1) is 17.7. The lowest BCUT2D eigenvalue weighted by atomic mass is 9.73. The predicted molar refractivity (Wildman–Crippen MR) is 101 cm³/mol. The van der Waals surface area contributed by atoms with E-state index in [1.807, 2.05) is 29.3 Å². The van der Waals surface area contributed by atoms with E-state index in [-0.39, 0.29) is 11.3 Å². The largest absolute Gasteiger partial charge is 0.481 e. The topological polar surface area (TPSA) is 71.5 Å². The van der Waals surface area contributed by atoms with Crippen molar-refractivity contribution in [2.75, 3.05) is 31.6 Å². The highest BCUT2D eigenvalue weighted by atomic mass is 16.5. The monoisotopic (exact) mass is 367 g/mol. The van der Waals surface area contributed by atoms with Gasteiger partial charge in [0.05, 0.1) is 7.11 Å². The molecule has 7 heteroatoms. The Hall–Kier alpha value is -2.70. The number of likely N-dealkylation sites (tertiary alicyclic amines) is 1. The Labute approximate surface area is 159 Å². The van der Waals surface area contributed by atoms with Crippen LogP contribution < -0.4 is 9.64 Å². The summed E-state index contributed by atoms with van der Waals surface area (Å²) >= 11 is 0. The molecule has 2 aliphatic heterocycles. The third-order valence-corrected chi connectivity index (χ3v) is 5.67. The fourth-order valence-electron chi connectivity index (χ4n) is 4.31. The number of anilines is 1. The number of piperidine rings is 2. The summed E-state index contributed by atoms with van der Waals surface area (Å²) in [6.07, 6.45) is 8.94. The van der Waals surface area contributed by atoms with E-state index in [2.05, 4.69) is 19.9 Å². The van der Waals surface area contributed by atoms with Gasteiger partial charge < -0.3 is 14.5 Å². The van der Waals surface area contributed by atoms with E-state index >= 15 is 0 Å². The number of pyridine rings is 1. The van der Waals surface area contributed by atoms with E-state index in [9.17, 15) is 4.79 Å². The maximum absolute atomic E-state index is 12.5. The number of amides is 1. The third kappa shape index (κ3) is 3.86. The summed E-state index contributed by atoms with van der Waals surface area (Å²) in [5.74, 6) is 1.72. The summed E-state index contributed by atoms with van der Waals surface area (Å²) in [7, 11) is 1.62. The van der Waals surface area contributed by atoms with Crippen molar-refractivity contribution in [1.82, 2.24) is 19.9 Å². The standard InChI is InChI=1S/C20H25N5O2/c1-27-18-10-17(22-15-23-18)24-9-3-6-20(13-24)7-5-19(26)25(14-20)12-16-4-2-8-21-11-16/h2,4,8,10-11,15H,3,5-7,9,12-14H2,1H3. The maximum Gasteiger partial charge on any atom is 0.222 e. The molecule has 0 aliphatic carbocycles. The molecule has 4 rings (SSSR count). The summed E-state index contributed by atoms with van der Waals surface area (Å²) < 4.78 is 5.24. The predicted octanol–water partition coefficient (Wildman–Crippen LogP) is 2.29. The van der Waals surface area contributed by atoms with Crippen LogP contribution >= 0.6 is 0 Å². The molecule has 2 saturated heterocycles. The van der Waals surface area contributed by atoms with Crippen molar-refractivity contribution < 1.29 is 9.53 Å². The van der Waals surface area contributed by atoms with E-state index in [1.54, 1.807) is 19.6 Å². The fourth-order valence-corrected chi connectivity index (χ4v) is 4.31. The van der Waals surface area contributed by atoms with Crippen LogP contribution in [-0.2, 0) is 11.3 Å². The highest BCUT2D eigenvalue weighted by Crippen LogP contribution is 2.40. The van der Waals surface area contributed by atoms with Gasteiger partial charge in [0.15, 0.2) is 0 Å². The number of ether oxygens (including phenoxy) is 1. The lowest BCUT2D eigenvalue weighted by Gasteiger charge is -2.48. The van der Waals surface area contributed by atoms with Crippen molar-refractivity contribution in [1.29, 1.82) is 0 Å². The van der Waals surface area contributed by atoms with Crippen molar-refractivity contribution in [3.8, 4) is 5.88 Å². The minimum absolute atomic E-state index is 0.118. The number of carbonyl (C=O) groups is 1. The van der Waals surface area contributed by atoms with Gasteiger partial charge >= 0.3 is 0 Å². The number of hydrogen-bond donors (Lipinski definition) is 0. The van der Waals surface area contributed by atoms with Crippen LogP contribution in [0.5, 0.6) is 5.88 Å². The van der Waals surface area contributed by atoms with Crippen LogP contribution in [0.2, 0.25) is 0 Å². The molecule has 2 aromatic rings. The zero-order valence-corrected chi connectivity index (χ0v) is 15.7. The first-order valence-corrected chi connectivity index (χ1v) is 9.45. The second-order valence-corrected chi connectivity index (χ2v) is 7.55. The highest BCUT2D eigenvalue weighted by molar-refractivity contribution is 5.77. The Balaban J connectivity index is 1.50. The van der Waals surface area contributed by atoms with Crippen LogP contribution in [-0.4, -0.2) is 52.5 Å². The van der Waals surface area contributed by atoms with Gasteiger partial charge in [-0.2, -0.15) is 0 Å². The van der Waals surface area contributed by atoms with Gasteiger partial charge in [-0.05, 0) is 30.9 Å². The molecule has 1 amide bonds. The average Bonchev–Trinajstić information content (AvgIpc) is 2.72. The molecule has 0 saturated carbocycles. The Bertz CT molecular complexity index is 800. The fraction of sp³-hybridized carbons (Fsp3) is 0.500. The minimum atomic E-state index is 0.118. The molecule has 1 atom stereocenters. The number of methoxy groups -OCH3 is 1. The molecule has 27 heavy (non-hydrogen) atoms. The Kier molecular flexibility index (Phi) is 4.92. The molecular formula is C20H25N5O2. The summed E-state index contributed by atoms with van der Waals surface area (Å²) in [6.45, 7) is 3.30. The number of nitrogens with zero attached hydrogens (tertiary/aromatic N) is 5. The molecule has 142 valence electrons. The molecule has 2 aromatic heterocycles. The highest BCUT2D eigenvalue weighted by Gasteiger charge is 2.42. The quantitative estimate of drug-likeness (QED) is 0.826. The lowest BCUT2D eigenvalue weighted by Crippen LogP contribution is -2.54. The van der Waals surface area contributed by atoms with Crippen molar-refractivity contribution in [2.45, 2.75) is 32.2 Å². The molecule has 0 aromatic carbocycles. The second-order valence-electron chi connectivity index (χ2n) is 7.55. The maximum atomic E-state index is 12.5. The van der Waals surface area contributed by atoms with E-state index in [0.29, 0.717) is 18.8 Å². The molecule has 2 fully saturated rings. The summed E-state index contributed by atoms with van der Waals surface area (Å²) in [5, 5.41) is 0. The van der Waals surface area contributed by atoms with Gasteiger partial charge in [-0.15, -0.1) is 0 Å². The molecule has 4 heterocycles. The Morgan fingerprint density at radius 3 is 3.00 bits per heavy atom. The van der Waals surface area contributed by atoms with Gasteiger partial charge in [-0.25, -0.2) is 9.97 Å². The van der Waals surface area contributed by atoms with Crippen LogP contribution in [0.25, 0.3) is 0 Å². The summed E-state index contributed by atoms with van der Waals surface area (Å²) in [6, 6.07) is 5.84. The number of aromatic nitrogens is 3. The summed E-state index contributed by atoms with van der Waals surface area (Å²) in [5.41, 5.74) is 1.20. The minimum Gasteiger partial charge on any atom is -0.481 e. The average molecular weight is 367 g/mol. The van der Waals surface area contributed by atoms with Crippen molar-refractivity contribution in [3.63, 3.8) is 0 Å². The van der Waals surface area contributed by atoms with Crippen LogP contribution in [0.1, 0.15) is 31.2 Å². The SMILES string of the molecule is COc1cc(N2CCCC3(CCC(=O)N(Cc4cccnc4)C3)C2)ncn1. The second kappa shape index (κ2) is 7.50. The molecule has 7 nitrogen and oxygen atoms in total. The molecule has 0 bridgehead atoms. The van der Waals surface area contributed by atoms with E-state index in [1.165, 1.54) is 0 Å². The number of rotatable bonds is 4. The molecular weight excluding hydrogens is 342 g/mol. The first-order chi connectivity index (χ1) is 13.2. The van der Waals surface area contributed by atoms with E-state index in [4.69, 9.17) is 4.74 Å². The van der Waals surface area contributed by atoms with Gasteiger partial charge in [-0.3, -0.25) is 9.78 Å². The lowest BCUT2D eigenvalue weighted by molar-refractivity contribution is -0.138. The number of hydrogen-bond acceptors (Lipinski definition) is 6. The van der Waals surface area contributed by atoms with Crippen molar-refractivity contribution >= 4 is 11.7 Å². The molecule has 1 unspecified atom stereocenters. The van der Waals surface area contributed by atoms with Gasteiger partial charge in [0.2, 0.25) is 11.8 Å². The first-order valence-electron chi connectivity index (χ1n) is 9.45. The van der Waals surface area contributed by atoms with Crippen molar-refractivity contribution in [2.24, 2.45) is 5.41 Å². The van der Waals surface area contributed by atoms with E-state index < -0.39 is 0 Å². The Morgan fingerprint density at radius 2 is 2.19 bits per heavy atom. The van der Waals surface area contributed by atoms with Gasteiger partial charge in [-0.1, -0.05) is 6.07 Å². The Morgan fingerprint density at radius 1 is 1.26 bits per heavy atom.